The highest BCUT2D eigenvalue weighted by Crippen LogP contribution is 2.21. The van der Waals surface area contributed by atoms with Crippen LogP contribution in [0, 0.1) is 0 Å². The summed E-state index contributed by atoms with van der Waals surface area (Å²) in [6, 6.07) is 17.6. The van der Waals surface area contributed by atoms with Crippen molar-refractivity contribution >= 4 is 17.5 Å². The van der Waals surface area contributed by atoms with Crippen LogP contribution in [0.2, 0.25) is 0 Å². The number of benzene rings is 2. The molecule has 1 N–H and O–H groups in total. The van der Waals surface area contributed by atoms with Gasteiger partial charge < -0.3 is 19.9 Å². The fourth-order valence-corrected chi connectivity index (χ4v) is 4.39. The molecule has 0 unspecified atom stereocenters. The highest BCUT2D eigenvalue weighted by Gasteiger charge is 2.26. The van der Waals surface area contributed by atoms with Gasteiger partial charge in [0.2, 0.25) is 5.91 Å². The van der Waals surface area contributed by atoms with E-state index >= 15 is 0 Å². The van der Waals surface area contributed by atoms with Gasteiger partial charge in [0.15, 0.2) is 0 Å². The van der Waals surface area contributed by atoms with Crippen LogP contribution in [0.25, 0.3) is 0 Å². The minimum atomic E-state index is -0.0187. The predicted octanol–water partition coefficient (Wildman–Crippen LogP) is 2.24. The number of nitrogens with zero attached hydrogens (tertiary/aromatic N) is 3. The van der Waals surface area contributed by atoms with E-state index in [0.717, 1.165) is 63.5 Å². The first-order chi connectivity index (χ1) is 15.6. The van der Waals surface area contributed by atoms with Gasteiger partial charge in [-0.05, 0) is 49.2 Å². The van der Waals surface area contributed by atoms with Crippen molar-refractivity contribution in [3.63, 3.8) is 0 Å². The zero-order chi connectivity index (χ0) is 22.3. The fraction of sp³-hybridized carbons (Fsp3) is 0.440. The summed E-state index contributed by atoms with van der Waals surface area (Å²) < 4.78 is 5.23. The van der Waals surface area contributed by atoms with Gasteiger partial charge in [0.1, 0.15) is 5.75 Å². The molecule has 32 heavy (non-hydrogen) atoms. The number of piperidine rings is 1. The van der Waals surface area contributed by atoms with Crippen molar-refractivity contribution in [2.24, 2.45) is 0 Å². The summed E-state index contributed by atoms with van der Waals surface area (Å²) >= 11 is 0. The summed E-state index contributed by atoms with van der Waals surface area (Å²) in [6.45, 7) is 5.29. The quantitative estimate of drug-likeness (QED) is 0.753. The smallest absolute Gasteiger partial charge is 0.251 e. The third kappa shape index (κ3) is 5.59. The molecule has 170 valence electrons. The van der Waals surface area contributed by atoms with Crippen molar-refractivity contribution in [1.82, 2.24) is 15.1 Å². The first-order valence-electron chi connectivity index (χ1n) is 11.4. The largest absolute Gasteiger partial charge is 0.497 e. The lowest BCUT2D eigenvalue weighted by molar-refractivity contribution is -0.133. The van der Waals surface area contributed by atoms with Crippen LogP contribution in [0.3, 0.4) is 0 Å². The maximum Gasteiger partial charge on any atom is 0.251 e. The number of anilines is 1. The lowest BCUT2D eigenvalue weighted by Crippen LogP contribution is -2.52. The third-order valence-corrected chi connectivity index (χ3v) is 6.39. The molecule has 0 atom stereocenters. The van der Waals surface area contributed by atoms with Gasteiger partial charge in [-0.15, -0.1) is 0 Å². The minimum Gasteiger partial charge on any atom is -0.497 e. The number of likely N-dealkylation sites (tertiary alicyclic amines) is 1. The maximum absolute atomic E-state index is 12.8. The molecule has 2 fully saturated rings. The lowest BCUT2D eigenvalue weighted by Gasteiger charge is -2.38. The van der Waals surface area contributed by atoms with E-state index in [4.69, 9.17) is 4.74 Å². The molecule has 0 spiro atoms. The van der Waals surface area contributed by atoms with Gasteiger partial charge in [0.25, 0.3) is 5.91 Å². The van der Waals surface area contributed by atoms with Crippen molar-refractivity contribution < 1.29 is 14.3 Å². The van der Waals surface area contributed by atoms with Gasteiger partial charge in [-0.2, -0.15) is 0 Å². The molecule has 7 nitrogen and oxygen atoms in total. The molecule has 2 heterocycles. The topological polar surface area (TPSA) is 65.1 Å². The number of ether oxygens (including phenoxy) is 1. The van der Waals surface area contributed by atoms with E-state index in [1.165, 1.54) is 0 Å². The summed E-state index contributed by atoms with van der Waals surface area (Å²) in [5.74, 6) is 1.03. The third-order valence-electron chi connectivity index (χ3n) is 6.39. The highest BCUT2D eigenvalue weighted by atomic mass is 16.5. The predicted molar refractivity (Wildman–Crippen MR) is 125 cm³/mol. The molecule has 4 rings (SSSR count). The zero-order valence-corrected chi connectivity index (χ0v) is 18.7. The van der Waals surface area contributed by atoms with Crippen LogP contribution in [-0.4, -0.2) is 80.6 Å². The minimum absolute atomic E-state index is 0.0187. The highest BCUT2D eigenvalue weighted by molar-refractivity contribution is 5.94. The number of hydrogen-bond acceptors (Lipinski definition) is 5. The summed E-state index contributed by atoms with van der Waals surface area (Å²) in [4.78, 5) is 31.7. The van der Waals surface area contributed by atoms with Crippen LogP contribution in [0.15, 0.2) is 54.6 Å². The summed E-state index contributed by atoms with van der Waals surface area (Å²) in [7, 11) is 1.67. The van der Waals surface area contributed by atoms with Crippen molar-refractivity contribution in [1.29, 1.82) is 0 Å². The average molecular weight is 437 g/mol. The van der Waals surface area contributed by atoms with Crippen molar-refractivity contribution in [3.8, 4) is 5.75 Å². The van der Waals surface area contributed by atoms with Crippen LogP contribution in [-0.2, 0) is 4.79 Å². The molecule has 2 saturated heterocycles. The van der Waals surface area contributed by atoms with E-state index in [9.17, 15) is 9.59 Å². The Morgan fingerprint density at radius 3 is 2.19 bits per heavy atom. The molecule has 0 aromatic heterocycles. The monoisotopic (exact) mass is 436 g/mol. The van der Waals surface area contributed by atoms with Crippen LogP contribution in [0.1, 0.15) is 23.2 Å². The Labute approximate surface area is 189 Å². The van der Waals surface area contributed by atoms with E-state index in [0.29, 0.717) is 12.1 Å². The average Bonchev–Trinajstić information content (AvgIpc) is 2.86. The Kier molecular flexibility index (Phi) is 7.27. The van der Waals surface area contributed by atoms with Crippen molar-refractivity contribution in [2.75, 3.05) is 57.8 Å². The van der Waals surface area contributed by atoms with Gasteiger partial charge in [-0.1, -0.05) is 18.2 Å². The van der Waals surface area contributed by atoms with Crippen molar-refractivity contribution in [3.05, 3.63) is 60.2 Å². The zero-order valence-electron chi connectivity index (χ0n) is 18.7. The van der Waals surface area contributed by atoms with E-state index in [1.54, 1.807) is 7.11 Å². The lowest BCUT2D eigenvalue weighted by atomic mass is 10.0. The van der Waals surface area contributed by atoms with E-state index < -0.39 is 0 Å². The van der Waals surface area contributed by atoms with Gasteiger partial charge >= 0.3 is 0 Å². The SMILES string of the molecule is COc1ccc(N2CCN(C(=O)CN3CCC(NC(=O)c4ccccc4)CC3)CC2)cc1. The van der Waals surface area contributed by atoms with Gasteiger partial charge in [0.05, 0.1) is 13.7 Å². The Hall–Kier alpha value is -3.06. The number of carbonyl (C=O) groups is 2. The molecule has 2 aliphatic rings. The number of carbonyl (C=O) groups excluding carboxylic acids is 2. The van der Waals surface area contributed by atoms with Gasteiger partial charge in [0, 0.05) is 56.6 Å². The van der Waals surface area contributed by atoms with E-state index in [2.05, 4.69) is 27.2 Å². The molecule has 0 radical (unpaired) electrons. The Morgan fingerprint density at radius 2 is 1.56 bits per heavy atom. The van der Waals surface area contributed by atoms with Crippen LogP contribution < -0.4 is 15.0 Å². The standard InChI is InChI=1S/C25H32N4O3/c1-32-23-9-7-22(8-10-23)28-15-17-29(18-16-28)24(30)19-27-13-11-21(12-14-27)26-25(31)20-5-3-2-4-6-20/h2-10,21H,11-19H2,1H3,(H,26,31). The second kappa shape index (κ2) is 10.5. The van der Waals surface area contributed by atoms with Gasteiger partial charge in [-0.25, -0.2) is 0 Å². The van der Waals surface area contributed by atoms with Gasteiger partial charge in [-0.3, -0.25) is 14.5 Å². The van der Waals surface area contributed by atoms with Crippen LogP contribution in [0.5, 0.6) is 5.75 Å². The van der Waals surface area contributed by atoms with E-state index in [1.807, 2.05) is 47.4 Å². The number of rotatable bonds is 6. The maximum atomic E-state index is 12.8. The molecule has 2 aromatic carbocycles. The molecule has 2 amide bonds. The molecule has 2 aromatic rings. The first-order valence-corrected chi connectivity index (χ1v) is 11.4. The van der Waals surface area contributed by atoms with Crippen LogP contribution in [0.4, 0.5) is 5.69 Å². The molecule has 2 aliphatic heterocycles. The summed E-state index contributed by atoms with van der Waals surface area (Å²) in [5.41, 5.74) is 1.86. The molecule has 7 heteroatoms. The Balaban J connectivity index is 1.18. The Morgan fingerprint density at radius 1 is 0.906 bits per heavy atom. The molecular formula is C25H32N4O3. The fourth-order valence-electron chi connectivity index (χ4n) is 4.39. The molecule has 0 saturated carbocycles. The summed E-state index contributed by atoms with van der Waals surface area (Å²) in [6.07, 6.45) is 1.74. The Bertz CT molecular complexity index is 887. The normalized spacial score (nSPS) is 17.8. The first kappa shape index (κ1) is 22.1. The number of methoxy groups -OCH3 is 1. The van der Waals surface area contributed by atoms with Crippen molar-refractivity contribution in [2.45, 2.75) is 18.9 Å². The van der Waals surface area contributed by atoms with Crippen LogP contribution >= 0.6 is 0 Å². The second-order valence-corrected chi connectivity index (χ2v) is 8.46. The second-order valence-electron chi connectivity index (χ2n) is 8.46. The number of hydrogen-bond donors (Lipinski definition) is 1. The summed E-state index contributed by atoms with van der Waals surface area (Å²) in [5, 5.41) is 3.13. The van der Waals surface area contributed by atoms with E-state index in [-0.39, 0.29) is 17.9 Å². The number of amides is 2. The molecular weight excluding hydrogens is 404 g/mol. The molecule has 0 bridgehead atoms. The number of nitrogens with one attached hydrogen (secondary N) is 1. The number of piperazine rings is 1. The molecule has 0 aliphatic carbocycles.